The number of carbonyl (C=O) groups excluding carboxylic acids is 1. The van der Waals surface area contributed by atoms with Crippen molar-refractivity contribution >= 4 is 11.7 Å². The molecule has 0 unspecified atom stereocenters. The zero-order valence-corrected chi connectivity index (χ0v) is 12.7. The van der Waals surface area contributed by atoms with E-state index in [9.17, 15) is 4.79 Å². The topological polar surface area (TPSA) is 58.1 Å². The number of amides is 1. The molecule has 2 fully saturated rings. The number of nitrogens with zero attached hydrogens (tertiary/aromatic N) is 3. The van der Waals surface area contributed by atoms with Gasteiger partial charge in [-0.1, -0.05) is 12.8 Å². The molecule has 1 aromatic rings. The maximum Gasteiger partial charge on any atom is 0.227 e. The van der Waals surface area contributed by atoms with Crippen molar-refractivity contribution in [3.05, 3.63) is 18.6 Å². The van der Waals surface area contributed by atoms with E-state index in [0.29, 0.717) is 6.04 Å². The summed E-state index contributed by atoms with van der Waals surface area (Å²) in [6.45, 7) is 3.76. The van der Waals surface area contributed by atoms with Gasteiger partial charge in [0.2, 0.25) is 5.91 Å². The van der Waals surface area contributed by atoms with E-state index < -0.39 is 0 Å². The molecule has 0 bridgehead atoms. The number of anilines is 1. The minimum atomic E-state index is -0.321. The molecular weight excluding hydrogens is 264 g/mol. The Morgan fingerprint density at radius 2 is 2.14 bits per heavy atom. The van der Waals surface area contributed by atoms with E-state index in [1.807, 2.05) is 0 Å². The van der Waals surface area contributed by atoms with Crippen molar-refractivity contribution < 1.29 is 4.79 Å². The van der Waals surface area contributed by atoms with Crippen LogP contribution in [0.25, 0.3) is 0 Å². The lowest BCUT2D eigenvalue weighted by Crippen LogP contribution is -2.52. The second-order valence-electron chi connectivity index (χ2n) is 6.60. The Balaban J connectivity index is 1.67. The molecule has 1 aromatic heterocycles. The van der Waals surface area contributed by atoms with Gasteiger partial charge in [-0.2, -0.15) is 0 Å². The molecule has 5 heteroatoms. The van der Waals surface area contributed by atoms with Gasteiger partial charge < -0.3 is 10.2 Å². The van der Waals surface area contributed by atoms with Gasteiger partial charge in [0.25, 0.3) is 0 Å². The average Bonchev–Trinajstić information content (AvgIpc) is 3.01. The van der Waals surface area contributed by atoms with Crippen LogP contribution in [0.4, 0.5) is 5.82 Å². The largest absolute Gasteiger partial charge is 0.354 e. The number of carbonyl (C=O) groups is 1. The monoisotopic (exact) mass is 288 g/mol. The van der Waals surface area contributed by atoms with Crippen LogP contribution < -0.4 is 10.2 Å². The summed E-state index contributed by atoms with van der Waals surface area (Å²) < 4.78 is 0. The number of piperidine rings is 1. The van der Waals surface area contributed by atoms with Crippen LogP contribution in [0.5, 0.6) is 0 Å². The van der Waals surface area contributed by atoms with Crippen LogP contribution in [0.3, 0.4) is 0 Å². The van der Waals surface area contributed by atoms with E-state index in [1.165, 1.54) is 12.8 Å². The first kappa shape index (κ1) is 14.3. The zero-order chi connectivity index (χ0) is 14.7. The van der Waals surface area contributed by atoms with Gasteiger partial charge in [0.1, 0.15) is 5.82 Å². The molecule has 1 saturated carbocycles. The number of aromatic nitrogens is 2. The smallest absolute Gasteiger partial charge is 0.227 e. The molecular formula is C16H24N4O. The summed E-state index contributed by atoms with van der Waals surface area (Å²) in [6, 6.07) is 0.390. The maximum atomic E-state index is 12.7. The molecule has 1 saturated heterocycles. The Morgan fingerprint density at radius 1 is 1.33 bits per heavy atom. The first-order chi connectivity index (χ1) is 10.2. The molecule has 0 spiro atoms. The predicted octanol–water partition coefficient (Wildman–Crippen LogP) is 2.14. The minimum absolute atomic E-state index is 0.211. The number of rotatable bonds is 3. The van der Waals surface area contributed by atoms with Gasteiger partial charge in [-0.05, 0) is 32.6 Å². The molecule has 5 nitrogen and oxygen atoms in total. The SMILES string of the molecule is C[C@@]1(C(=O)NC2CCCC2)CCCN(c2cnccn2)C1. The lowest BCUT2D eigenvalue weighted by Gasteiger charge is -2.40. The Bertz CT molecular complexity index is 486. The minimum Gasteiger partial charge on any atom is -0.354 e. The van der Waals surface area contributed by atoms with Gasteiger partial charge in [0.05, 0.1) is 11.6 Å². The van der Waals surface area contributed by atoms with Crippen molar-refractivity contribution in [2.45, 2.75) is 51.5 Å². The van der Waals surface area contributed by atoms with Crippen molar-refractivity contribution in [1.29, 1.82) is 0 Å². The standard InChI is InChI=1S/C16H24N4O/c1-16(15(21)19-13-5-2-3-6-13)7-4-10-20(12-16)14-11-17-8-9-18-14/h8-9,11,13H,2-7,10,12H2,1H3,(H,19,21)/t16-/m1/s1. The highest BCUT2D eigenvalue weighted by atomic mass is 16.2. The molecule has 0 aromatic carbocycles. The molecule has 1 amide bonds. The normalized spacial score (nSPS) is 26.8. The van der Waals surface area contributed by atoms with E-state index in [-0.39, 0.29) is 11.3 Å². The van der Waals surface area contributed by atoms with E-state index >= 15 is 0 Å². The number of hydrogen-bond donors (Lipinski definition) is 1. The Kier molecular flexibility index (Phi) is 4.08. The second-order valence-corrected chi connectivity index (χ2v) is 6.60. The van der Waals surface area contributed by atoms with Crippen LogP contribution in [-0.4, -0.2) is 35.0 Å². The highest BCUT2D eigenvalue weighted by Gasteiger charge is 2.39. The molecule has 1 N–H and O–H groups in total. The summed E-state index contributed by atoms with van der Waals surface area (Å²) >= 11 is 0. The van der Waals surface area contributed by atoms with E-state index in [2.05, 4.69) is 27.1 Å². The Hall–Kier alpha value is -1.65. The highest BCUT2D eigenvalue weighted by Crippen LogP contribution is 2.32. The van der Waals surface area contributed by atoms with Crippen LogP contribution in [-0.2, 0) is 4.79 Å². The van der Waals surface area contributed by atoms with Gasteiger partial charge in [-0.15, -0.1) is 0 Å². The first-order valence-electron chi connectivity index (χ1n) is 7.99. The fourth-order valence-corrected chi connectivity index (χ4v) is 3.50. The highest BCUT2D eigenvalue weighted by molar-refractivity contribution is 5.83. The number of nitrogens with one attached hydrogen (secondary N) is 1. The van der Waals surface area contributed by atoms with Crippen molar-refractivity contribution in [2.24, 2.45) is 5.41 Å². The fraction of sp³-hybridized carbons (Fsp3) is 0.688. The van der Waals surface area contributed by atoms with Crippen LogP contribution in [0.15, 0.2) is 18.6 Å². The summed E-state index contributed by atoms with van der Waals surface area (Å²) in [6.07, 6.45) is 11.9. The molecule has 3 rings (SSSR count). The van der Waals surface area contributed by atoms with Crippen molar-refractivity contribution in [3.63, 3.8) is 0 Å². The van der Waals surface area contributed by atoms with Crippen molar-refractivity contribution in [1.82, 2.24) is 15.3 Å². The van der Waals surface area contributed by atoms with Crippen LogP contribution >= 0.6 is 0 Å². The Labute approximate surface area is 126 Å². The van der Waals surface area contributed by atoms with Gasteiger partial charge in [0.15, 0.2) is 0 Å². The Morgan fingerprint density at radius 3 is 2.86 bits per heavy atom. The summed E-state index contributed by atoms with van der Waals surface area (Å²) in [7, 11) is 0. The third kappa shape index (κ3) is 3.17. The quantitative estimate of drug-likeness (QED) is 0.926. The molecule has 1 atom stereocenters. The van der Waals surface area contributed by atoms with E-state index in [4.69, 9.17) is 0 Å². The fourth-order valence-electron chi connectivity index (χ4n) is 3.50. The molecule has 21 heavy (non-hydrogen) atoms. The molecule has 1 aliphatic carbocycles. The lowest BCUT2D eigenvalue weighted by atomic mass is 9.80. The third-order valence-corrected chi connectivity index (χ3v) is 4.81. The second kappa shape index (κ2) is 6.00. The molecule has 1 aliphatic heterocycles. The van der Waals surface area contributed by atoms with Crippen LogP contribution in [0.2, 0.25) is 0 Å². The number of hydrogen-bond acceptors (Lipinski definition) is 4. The summed E-state index contributed by atoms with van der Waals surface area (Å²) in [5, 5.41) is 3.26. The van der Waals surface area contributed by atoms with Gasteiger partial charge in [-0.25, -0.2) is 4.98 Å². The van der Waals surface area contributed by atoms with Crippen LogP contribution in [0.1, 0.15) is 45.4 Å². The van der Waals surface area contributed by atoms with Crippen molar-refractivity contribution in [3.8, 4) is 0 Å². The summed E-state index contributed by atoms with van der Waals surface area (Å²) in [4.78, 5) is 23.4. The summed E-state index contributed by atoms with van der Waals surface area (Å²) in [5.41, 5.74) is -0.321. The van der Waals surface area contributed by atoms with Gasteiger partial charge in [0, 0.05) is 31.5 Å². The lowest BCUT2D eigenvalue weighted by molar-refractivity contribution is -0.131. The zero-order valence-electron chi connectivity index (χ0n) is 12.7. The maximum absolute atomic E-state index is 12.7. The van der Waals surface area contributed by atoms with E-state index in [0.717, 1.165) is 44.6 Å². The van der Waals surface area contributed by atoms with Crippen molar-refractivity contribution in [2.75, 3.05) is 18.0 Å². The first-order valence-corrected chi connectivity index (χ1v) is 7.99. The third-order valence-electron chi connectivity index (χ3n) is 4.81. The van der Waals surface area contributed by atoms with Gasteiger partial charge >= 0.3 is 0 Å². The van der Waals surface area contributed by atoms with E-state index in [1.54, 1.807) is 18.6 Å². The molecule has 2 aliphatic rings. The van der Waals surface area contributed by atoms with Crippen LogP contribution in [0, 0.1) is 5.41 Å². The van der Waals surface area contributed by atoms with Gasteiger partial charge in [-0.3, -0.25) is 9.78 Å². The average molecular weight is 288 g/mol. The summed E-state index contributed by atoms with van der Waals surface area (Å²) in [5.74, 6) is 1.08. The molecule has 0 radical (unpaired) electrons. The predicted molar refractivity (Wildman–Crippen MR) is 82.0 cm³/mol. The molecule has 114 valence electrons. The molecule has 2 heterocycles.